The van der Waals surface area contributed by atoms with Crippen LogP contribution in [0.3, 0.4) is 0 Å². The van der Waals surface area contributed by atoms with Crippen LogP contribution < -0.4 is 10.1 Å². The minimum atomic E-state index is -0.817. The molecule has 2 aromatic heterocycles. The maximum atomic E-state index is 12.3. The van der Waals surface area contributed by atoms with Gasteiger partial charge in [0.1, 0.15) is 21.8 Å². The van der Waals surface area contributed by atoms with Crippen molar-refractivity contribution in [3.05, 3.63) is 63.5 Å². The highest BCUT2D eigenvalue weighted by atomic mass is 32.1. The minimum absolute atomic E-state index is 0.0378. The summed E-state index contributed by atoms with van der Waals surface area (Å²) in [4.78, 5) is 34.4. The third kappa shape index (κ3) is 3.67. The maximum Gasteiger partial charge on any atom is 0.349 e. The van der Waals surface area contributed by atoms with Gasteiger partial charge in [0, 0.05) is 22.9 Å². The summed E-state index contributed by atoms with van der Waals surface area (Å²) < 4.78 is 16.1. The number of para-hydroxylation sites is 1. The molecular formula is C20H14N2O7S. The Bertz CT molecular complexity index is 1290. The van der Waals surface area contributed by atoms with Crippen LogP contribution in [0.25, 0.3) is 21.9 Å². The lowest BCUT2D eigenvalue weighted by Gasteiger charge is -2.10. The fourth-order valence-corrected chi connectivity index (χ4v) is 3.66. The molecule has 0 atom stereocenters. The molecule has 0 aliphatic rings. The number of amides is 1. The number of hydrogen-bond acceptors (Lipinski definition) is 8. The highest BCUT2D eigenvalue weighted by Crippen LogP contribution is 2.36. The Morgan fingerprint density at radius 3 is 2.67 bits per heavy atom. The van der Waals surface area contributed by atoms with E-state index < -0.39 is 23.4 Å². The number of carbonyl (C=O) groups excluding carboxylic acids is 2. The van der Waals surface area contributed by atoms with E-state index in [4.69, 9.17) is 13.9 Å². The first-order valence-corrected chi connectivity index (χ1v) is 9.48. The maximum absolute atomic E-state index is 12.3. The lowest BCUT2D eigenvalue weighted by molar-refractivity contribution is -0.380. The van der Waals surface area contributed by atoms with Crippen LogP contribution in [-0.2, 0) is 9.53 Å². The molecule has 1 amide bonds. The first-order chi connectivity index (χ1) is 14.5. The van der Waals surface area contributed by atoms with Gasteiger partial charge in [0.05, 0.1) is 17.7 Å². The second-order valence-electron chi connectivity index (χ2n) is 6.17. The molecule has 0 spiro atoms. The molecule has 4 aromatic rings. The zero-order valence-corrected chi connectivity index (χ0v) is 16.4. The minimum Gasteiger partial charge on any atom is -0.495 e. The molecule has 2 heterocycles. The van der Waals surface area contributed by atoms with Crippen LogP contribution >= 0.6 is 11.3 Å². The molecule has 30 heavy (non-hydrogen) atoms. The second-order valence-corrected chi connectivity index (χ2v) is 7.23. The van der Waals surface area contributed by atoms with Crippen molar-refractivity contribution in [2.45, 2.75) is 0 Å². The summed E-state index contributed by atoms with van der Waals surface area (Å²) in [6.07, 6.45) is 0. The van der Waals surface area contributed by atoms with Crippen LogP contribution in [0, 0.1) is 10.1 Å². The number of fused-ring (bicyclic) bond motifs is 3. The number of esters is 1. The third-order valence-electron chi connectivity index (χ3n) is 4.28. The summed E-state index contributed by atoms with van der Waals surface area (Å²) in [7, 11) is 1.48. The number of nitrogens with zero attached hydrogens (tertiary/aromatic N) is 1. The third-order valence-corrected chi connectivity index (χ3v) is 5.30. The predicted octanol–water partition coefficient (Wildman–Crippen LogP) is 4.36. The average Bonchev–Trinajstić information content (AvgIpc) is 3.36. The summed E-state index contributed by atoms with van der Waals surface area (Å²) in [5.41, 5.74) is 1.63. The van der Waals surface area contributed by atoms with Gasteiger partial charge in [-0.25, -0.2) is 4.79 Å². The van der Waals surface area contributed by atoms with Crippen molar-refractivity contribution < 1.29 is 28.4 Å². The number of furan rings is 1. The van der Waals surface area contributed by atoms with Gasteiger partial charge < -0.3 is 19.2 Å². The van der Waals surface area contributed by atoms with Crippen molar-refractivity contribution in [2.75, 3.05) is 19.0 Å². The normalized spacial score (nSPS) is 10.8. The molecule has 0 unspecified atom stereocenters. The topological polar surface area (TPSA) is 121 Å². The van der Waals surface area contributed by atoms with E-state index in [0.29, 0.717) is 33.9 Å². The lowest BCUT2D eigenvalue weighted by Crippen LogP contribution is -2.20. The van der Waals surface area contributed by atoms with Crippen molar-refractivity contribution in [1.82, 2.24) is 0 Å². The SMILES string of the molecule is COc1cc2c(cc1NC(=O)COC(=O)c1ccc([N+](=O)[O-])s1)oc1ccccc12. The fourth-order valence-electron chi connectivity index (χ4n) is 2.94. The standard InChI is InChI=1S/C20H14N2O7S/c1-27-16-8-12-11-4-2-3-5-14(11)29-15(12)9-13(16)21-18(23)10-28-20(24)17-6-7-19(30-17)22(25)26/h2-9H,10H2,1H3,(H,21,23). The summed E-state index contributed by atoms with van der Waals surface area (Å²) in [5, 5.41) is 14.9. The molecule has 0 fully saturated rings. The number of carbonyl (C=O) groups is 2. The van der Waals surface area contributed by atoms with E-state index in [1.165, 1.54) is 19.2 Å². The van der Waals surface area contributed by atoms with E-state index in [0.717, 1.165) is 10.8 Å². The number of nitrogens with one attached hydrogen (secondary N) is 1. The number of thiophene rings is 1. The van der Waals surface area contributed by atoms with Crippen molar-refractivity contribution in [3.8, 4) is 5.75 Å². The van der Waals surface area contributed by atoms with Gasteiger partial charge in [0.2, 0.25) is 0 Å². The summed E-state index contributed by atoms with van der Waals surface area (Å²) in [6.45, 7) is -0.564. The Morgan fingerprint density at radius 1 is 1.13 bits per heavy atom. The quantitative estimate of drug-likeness (QED) is 0.276. The van der Waals surface area contributed by atoms with Crippen LogP contribution in [0.1, 0.15) is 9.67 Å². The van der Waals surface area contributed by atoms with E-state index in [-0.39, 0.29) is 9.88 Å². The molecule has 9 nitrogen and oxygen atoms in total. The van der Waals surface area contributed by atoms with Crippen molar-refractivity contribution in [1.29, 1.82) is 0 Å². The van der Waals surface area contributed by atoms with Crippen LogP contribution in [0.4, 0.5) is 10.7 Å². The number of rotatable bonds is 6. The van der Waals surface area contributed by atoms with Crippen molar-refractivity contribution >= 4 is 55.8 Å². The summed E-state index contributed by atoms with van der Waals surface area (Å²) in [6, 6.07) is 13.4. The molecule has 2 aromatic carbocycles. The van der Waals surface area contributed by atoms with Crippen LogP contribution in [0.5, 0.6) is 5.75 Å². The highest BCUT2D eigenvalue weighted by molar-refractivity contribution is 7.17. The van der Waals surface area contributed by atoms with Gasteiger partial charge in [0.25, 0.3) is 5.91 Å². The number of anilines is 1. The first-order valence-electron chi connectivity index (χ1n) is 8.66. The van der Waals surface area contributed by atoms with E-state index >= 15 is 0 Å². The Morgan fingerprint density at radius 2 is 1.93 bits per heavy atom. The monoisotopic (exact) mass is 426 g/mol. The second kappa shape index (κ2) is 7.84. The molecule has 152 valence electrons. The zero-order valence-electron chi connectivity index (χ0n) is 15.5. The number of ether oxygens (including phenoxy) is 2. The van der Waals surface area contributed by atoms with Gasteiger partial charge in [-0.15, -0.1) is 0 Å². The first kappa shape index (κ1) is 19.4. The smallest absolute Gasteiger partial charge is 0.349 e. The van der Waals surface area contributed by atoms with Crippen LogP contribution in [0.15, 0.2) is 52.9 Å². The molecule has 1 N–H and O–H groups in total. The van der Waals surface area contributed by atoms with Crippen LogP contribution in [0.2, 0.25) is 0 Å². The van der Waals surface area contributed by atoms with Crippen LogP contribution in [-0.4, -0.2) is 30.5 Å². The Balaban J connectivity index is 1.48. The van der Waals surface area contributed by atoms with Gasteiger partial charge in [-0.1, -0.05) is 29.5 Å². The van der Waals surface area contributed by atoms with Crippen molar-refractivity contribution in [2.24, 2.45) is 0 Å². The number of nitro groups is 1. The van der Waals surface area contributed by atoms with Gasteiger partial charge in [-0.2, -0.15) is 0 Å². The van der Waals surface area contributed by atoms with Gasteiger partial charge in [0.15, 0.2) is 6.61 Å². The van der Waals surface area contributed by atoms with E-state index in [1.807, 2.05) is 24.3 Å². The number of methoxy groups -OCH3 is 1. The zero-order chi connectivity index (χ0) is 21.3. The number of benzene rings is 2. The Kier molecular flexibility index (Phi) is 5.07. The van der Waals surface area contributed by atoms with E-state index in [9.17, 15) is 19.7 Å². The average molecular weight is 426 g/mol. The van der Waals surface area contributed by atoms with Crippen molar-refractivity contribution in [3.63, 3.8) is 0 Å². The highest BCUT2D eigenvalue weighted by Gasteiger charge is 2.18. The van der Waals surface area contributed by atoms with E-state index in [2.05, 4.69) is 5.32 Å². The molecule has 0 bridgehead atoms. The molecule has 0 aliphatic carbocycles. The molecule has 10 heteroatoms. The molecule has 0 aliphatic heterocycles. The molecule has 0 radical (unpaired) electrons. The van der Waals surface area contributed by atoms with Gasteiger partial charge >= 0.3 is 11.0 Å². The largest absolute Gasteiger partial charge is 0.495 e. The summed E-state index contributed by atoms with van der Waals surface area (Å²) in [5.74, 6) is -0.992. The Hall–Kier alpha value is -3.92. The molecule has 0 saturated heterocycles. The lowest BCUT2D eigenvalue weighted by atomic mass is 10.1. The van der Waals surface area contributed by atoms with E-state index in [1.54, 1.807) is 12.1 Å². The Labute approximate surface area is 172 Å². The molecular weight excluding hydrogens is 412 g/mol. The number of hydrogen-bond donors (Lipinski definition) is 1. The fraction of sp³-hybridized carbons (Fsp3) is 0.100. The summed E-state index contributed by atoms with van der Waals surface area (Å²) >= 11 is 0.676. The molecule has 0 saturated carbocycles. The van der Waals surface area contributed by atoms with Gasteiger partial charge in [-0.05, 0) is 18.2 Å². The predicted molar refractivity (Wildman–Crippen MR) is 110 cm³/mol. The van der Waals surface area contributed by atoms with Gasteiger partial charge in [-0.3, -0.25) is 14.9 Å². The molecule has 4 rings (SSSR count).